The summed E-state index contributed by atoms with van der Waals surface area (Å²) in [5, 5.41) is 0.761. The Morgan fingerprint density at radius 2 is 1.71 bits per heavy atom. The first kappa shape index (κ1) is 11.9. The molecule has 0 unspecified atom stereocenters. The number of carbonyl (C=O) groups excluding carboxylic acids is 1. The van der Waals surface area contributed by atoms with Crippen molar-refractivity contribution >= 4 is 29.1 Å². The minimum Gasteiger partial charge on any atom is -0.366 e. The summed E-state index contributed by atoms with van der Waals surface area (Å²) in [6.45, 7) is 0. The highest BCUT2D eigenvalue weighted by atomic mass is 35.5. The molecule has 0 radical (unpaired) electrons. The summed E-state index contributed by atoms with van der Waals surface area (Å²) in [4.78, 5) is 15.2. The third-order valence-corrected chi connectivity index (χ3v) is 2.89. The van der Waals surface area contributed by atoms with Crippen LogP contribution in [0, 0.1) is 0 Å². The maximum absolute atomic E-state index is 11.3. The summed E-state index contributed by atoms with van der Waals surface area (Å²) in [7, 11) is 0. The quantitative estimate of drug-likeness (QED) is 0.908. The predicted molar refractivity (Wildman–Crippen MR) is 68.2 cm³/mol. The molecule has 1 amide bonds. The lowest BCUT2D eigenvalue weighted by molar-refractivity contribution is 0.100. The summed E-state index contributed by atoms with van der Waals surface area (Å²) in [5.74, 6) is -0.524. The number of benzene rings is 1. The first-order chi connectivity index (χ1) is 8.11. The Morgan fingerprint density at radius 3 is 2.29 bits per heavy atom. The molecule has 1 aromatic carbocycles. The Morgan fingerprint density at radius 1 is 1.12 bits per heavy atom. The molecule has 86 valence electrons. The number of aromatic nitrogens is 1. The van der Waals surface area contributed by atoms with E-state index in [2.05, 4.69) is 4.98 Å². The number of pyridine rings is 1. The fourth-order valence-corrected chi connectivity index (χ4v) is 2.15. The predicted octanol–water partition coefficient (Wildman–Crippen LogP) is 3.15. The average molecular weight is 267 g/mol. The largest absolute Gasteiger partial charge is 0.366 e. The van der Waals surface area contributed by atoms with Gasteiger partial charge in [-0.2, -0.15) is 0 Å². The van der Waals surface area contributed by atoms with Gasteiger partial charge in [0.05, 0.1) is 10.0 Å². The van der Waals surface area contributed by atoms with Gasteiger partial charge in [-0.3, -0.25) is 9.78 Å². The van der Waals surface area contributed by atoms with Crippen molar-refractivity contribution in [3.8, 4) is 11.1 Å². The van der Waals surface area contributed by atoms with Crippen LogP contribution in [0.1, 0.15) is 10.4 Å². The molecule has 2 rings (SSSR count). The van der Waals surface area contributed by atoms with Crippen molar-refractivity contribution < 1.29 is 4.79 Å². The van der Waals surface area contributed by atoms with E-state index >= 15 is 0 Å². The SMILES string of the molecule is NC(=O)c1ccccc1-c1c(Cl)cncc1Cl. The lowest BCUT2D eigenvalue weighted by atomic mass is 10.0. The van der Waals surface area contributed by atoms with Gasteiger partial charge in [0, 0.05) is 23.5 Å². The maximum Gasteiger partial charge on any atom is 0.249 e. The number of rotatable bonds is 2. The van der Waals surface area contributed by atoms with Crippen LogP contribution in [0.25, 0.3) is 11.1 Å². The number of amides is 1. The van der Waals surface area contributed by atoms with Gasteiger partial charge < -0.3 is 5.73 Å². The molecule has 0 fully saturated rings. The van der Waals surface area contributed by atoms with Gasteiger partial charge in [-0.1, -0.05) is 41.4 Å². The van der Waals surface area contributed by atoms with Gasteiger partial charge in [-0.15, -0.1) is 0 Å². The number of primary amides is 1. The minimum absolute atomic E-state index is 0.377. The van der Waals surface area contributed by atoms with E-state index in [0.717, 1.165) is 0 Å². The van der Waals surface area contributed by atoms with Crippen LogP contribution in [0.15, 0.2) is 36.7 Å². The van der Waals surface area contributed by atoms with E-state index in [1.54, 1.807) is 24.3 Å². The standard InChI is InChI=1S/C12H8Cl2N2O/c13-9-5-16-6-10(14)11(9)7-3-1-2-4-8(7)12(15)17/h1-6H,(H2,15,17). The number of halogens is 2. The van der Waals surface area contributed by atoms with Crippen LogP contribution < -0.4 is 5.73 Å². The molecule has 1 heterocycles. The van der Waals surface area contributed by atoms with Gasteiger partial charge in [0.1, 0.15) is 0 Å². The summed E-state index contributed by atoms with van der Waals surface area (Å²) >= 11 is 12.1. The monoisotopic (exact) mass is 266 g/mol. The molecule has 0 saturated heterocycles. The number of carbonyl (C=O) groups is 1. The number of hydrogen-bond acceptors (Lipinski definition) is 2. The van der Waals surface area contributed by atoms with Gasteiger partial charge in [0.15, 0.2) is 0 Å². The Balaban J connectivity index is 2.73. The van der Waals surface area contributed by atoms with Gasteiger partial charge >= 0.3 is 0 Å². The highest BCUT2D eigenvalue weighted by Crippen LogP contribution is 2.35. The smallest absolute Gasteiger partial charge is 0.249 e. The van der Waals surface area contributed by atoms with Crippen LogP contribution in [-0.4, -0.2) is 10.9 Å². The molecule has 0 aliphatic carbocycles. The summed E-state index contributed by atoms with van der Waals surface area (Å²) in [6.07, 6.45) is 2.95. The highest BCUT2D eigenvalue weighted by molar-refractivity contribution is 6.39. The molecule has 2 N–H and O–H groups in total. The second-order valence-corrected chi connectivity index (χ2v) is 4.20. The van der Waals surface area contributed by atoms with Gasteiger partial charge in [0.25, 0.3) is 0 Å². The Labute approximate surface area is 108 Å². The van der Waals surface area contributed by atoms with Crippen LogP contribution in [0.2, 0.25) is 10.0 Å². The van der Waals surface area contributed by atoms with Crippen LogP contribution in [-0.2, 0) is 0 Å². The molecule has 2 aromatic rings. The molecule has 0 atom stereocenters. The molecule has 0 spiro atoms. The lowest BCUT2D eigenvalue weighted by Crippen LogP contribution is -2.12. The molecule has 0 bridgehead atoms. The molecule has 0 saturated carbocycles. The zero-order valence-corrected chi connectivity index (χ0v) is 10.2. The number of hydrogen-bond donors (Lipinski definition) is 1. The molecule has 0 aliphatic heterocycles. The van der Waals surface area contributed by atoms with Crippen LogP contribution in [0.3, 0.4) is 0 Å². The normalized spacial score (nSPS) is 10.2. The molecule has 3 nitrogen and oxygen atoms in total. The maximum atomic E-state index is 11.3. The average Bonchev–Trinajstić information content (AvgIpc) is 2.29. The molecule has 0 aliphatic rings. The van der Waals surface area contributed by atoms with E-state index in [4.69, 9.17) is 28.9 Å². The first-order valence-electron chi connectivity index (χ1n) is 4.79. The van der Waals surface area contributed by atoms with Crippen molar-refractivity contribution in [3.63, 3.8) is 0 Å². The van der Waals surface area contributed by atoms with Crippen molar-refractivity contribution in [2.24, 2.45) is 5.73 Å². The second-order valence-electron chi connectivity index (χ2n) is 3.39. The Bertz CT molecular complexity index is 564. The van der Waals surface area contributed by atoms with Crippen molar-refractivity contribution in [2.75, 3.05) is 0 Å². The third kappa shape index (κ3) is 2.25. The zero-order chi connectivity index (χ0) is 12.4. The van der Waals surface area contributed by atoms with E-state index < -0.39 is 5.91 Å². The highest BCUT2D eigenvalue weighted by Gasteiger charge is 2.14. The summed E-state index contributed by atoms with van der Waals surface area (Å²) in [6, 6.07) is 6.89. The van der Waals surface area contributed by atoms with Crippen LogP contribution >= 0.6 is 23.2 Å². The number of nitrogens with two attached hydrogens (primary N) is 1. The van der Waals surface area contributed by atoms with Gasteiger partial charge in [-0.25, -0.2) is 0 Å². The van der Waals surface area contributed by atoms with Crippen LogP contribution in [0.4, 0.5) is 0 Å². The summed E-state index contributed by atoms with van der Waals surface area (Å²) < 4.78 is 0. The van der Waals surface area contributed by atoms with E-state index in [0.29, 0.717) is 26.7 Å². The second kappa shape index (κ2) is 4.73. The third-order valence-electron chi connectivity index (χ3n) is 2.32. The lowest BCUT2D eigenvalue weighted by Gasteiger charge is -2.09. The van der Waals surface area contributed by atoms with Crippen molar-refractivity contribution in [3.05, 3.63) is 52.3 Å². The summed E-state index contributed by atoms with van der Waals surface area (Å²) in [5.41, 5.74) is 6.86. The van der Waals surface area contributed by atoms with Gasteiger partial charge in [0.2, 0.25) is 5.91 Å². The van der Waals surface area contributed by atoms with Gasteiger partial charge in [-0.05, 0) is 11.6 Å². The topological polar surface area (TPSA) is 56.0 Å². The fourth-order valence-electron chi connectivity index (χ4n) is 1.58. The first-order valence-corrected chi connectivity index (χ1v) is 5.55. The molecule has 1 aromatic heterocycles. The van der Waals surface area contributed by atoms with E-state index in [1.807, 2.05) is 0 Å². The van der Waals surface area contributed by atoms with E-state index in [9.17, 15) is 4.79 Å². The van der Waals surface area contributed by atoms with Crippen LogP contribution in [0.5, 0.6) is 0 Å². The Hall–Kier alpha value is -1.58. The van der Waals surface area contributed by atoms with Crippen molar-refractivity contribution in [1.29, 1.82) is 0 Å². The van der Waals surface area contributed by atoms with Crippen molar-refractivity contribution in [2.45, 2.75) is 0 Å². The molecular weight excluding hydrogens is 259 g/mol. The zero-order valence-electron chi connectivity index (χ0n) is 8.65. The minimum atomic E-state index is -0.524. The van der Waals surface area contributed by atoms with E-state index in [1.165, 1.54) is 12.4 Å². The Kier molecular flexibility index (Phi) is 3.31. The number of nitrogens with zero attached hydrogens (tertiary/aromatic N) is 1. The molecular formula is C12H8Cl2N2O. The van der Waals surface area contributed by atoms with E-state index in [-0.39, 0.29) is 0 Å². The molecule has 17 heavy (non-hydrogen) atoms. The fraction of sp³-hybridized carbons (Fsp3) is 0. The molecule has 5 heteroatoms. The van der Waals surface area contributed by atoms with Crippen molar-refractivity contribution in [1.82, 2.24) is 4.98 Å².